The Balaban J connectivity index is 1.33. The van der Waals surface area contributed by atoms with Crippen LogP contribution in [0.15, 0.2) is 48.5 Å². The molecular weight excluding hydrogens is 427 g/mol. The number of rotatable bonds is 4. The van der Waals surface area contributed by atoms with Crippen molar-refractivity contribution in [1.82, 2.24) is 19.6 Å². The molecule has 2 aromatic heterocycles. The van der Waals surface area contributed by atoms with Gasteiger partial charge in [-0.25, -0.2) is 9.37 Å². The van der Waals surface area contributed by atoms with Gasteiger partial charge in [0.2, 0.25) is 0 Å². The summed E-state index contributed by atoms with van der Waals surface area (Å²) >= 11 is 0. The molecule has 6 nitrogen and oxygen atoms in total. The summed E-state index contributed by atoms with van der Waals surface area (Å²) < 4.78 is 16.3. The standard InChI is InChI=1S/C27H29FN6/c1-19-10-12-20(13-11-19)18-25-30-27-29-23-8-4-2-6-21(23)26(34(27)31-25)33-16-14-32(15-17-33)24-9-5-3-7-22(24)28/h3,5,7,9-13H,2,4,6,8,14-18H2,1H3. The molecule has 6 rings (SSSR count). The molecule has 0 saturated carbocycles. The Labute approximate surface area is 199 Å². The minimum Gasteiger partial charge on any atom is -0.366 e. The molecule has 0 N–H and O–H groups in total. The van der Waals surface area contributed by atoms with E-state index in [1.165, 1.54) is 41.3 Å². The first-order valence-corrected chi connectivity index (χ1v) is 12.2. The maximum absolute atomic E-state index is 14.3. The van der Waals surface area contributed by atoms with Crippen molar-refractivity contribution in [3.05, 3.63) is 82.6 Å². The maximum Gasteiger partial charge on any atom is 0.254 e. The molecule has 1 aliphatic carbocycles. The van der Waals surface area contributed by atoms with Gasteiger partial charge in [0, 0.05) is 38.2 Å². The van der Waals surface area contributed by atoms with Crippen LogP contribution in [0.5, 0.6) is 0 Å². The molecule has 3 heterocycles. The van der Waals surface area contributed by atoms with Crippen LogP contribution in [0.1, 0.15) is 41.1 Å². The van der Waals surface area contributed by atoms with Crippen LogP contribution >= 0.6 is 0 Å². The molecule has 0 radical (unpaired) electrons. The molecule has 0 bridgehead atoms. The van der Waals surface area contributed by atoms with Crippen LogP contribution in [0, 0.1) is 12.7 Å². The molecule has 174 valence electrons. The second kappa shape index (κ2) is 8.70. The van der Waals surface area contributed by atoms with Crippen LogP contribution in [-0.4, -0.2) is 45.8 Å². The van der Waals surface area contributed by atoms with Gasteiger partial charge in [-0.3, -0.25) is 0 Å². The van der Waals surface area contributed by atoms with Crippen molar-refractivity contribution in [3.8, 4) is 0 Å². The van der Waals surface area contributed by atoms with E-state index in [-0.39, 0.29) is 5.82 Å². The van der Waals surface area contributed by atoms with Crippen molar-refractivity contribution in [2.24, 2.45) is 0 Å². The Hall–Kier alpha value is -3.48. The third kappa shape index (κ3) is 3.89. The quantitative estimate of drug-likeness (QED) is 0.457. The van der Waals surface area contributed by atoms with E-state index in [0.717, 1.165) is 50.7 Å². The van der Waals surface area contributed by atoms with E-state index in [4.69, 9.17) is 15.1 Å². The van der Waals surface area contributed by atoms with E-state index >= 15 is 0 Å². The topological polar surface area (TPSA) is 49.6 Å². The number of benzene rings is 2. The molecule has 0 atom stereocenters. The van der Waals surface area contributed by atoms with Crippen molar-refractivity contribution in [1.29, 1.82) is 0 Å². The van der Waals surface area contributed by atoms with Gasteiger partial charge in [0.05, 0.1) is 11.4 Å². The molecular formula is C27H29FN6. The minimum atomic E-state index is -0.156. The molecule has 0 unspecified atom stereocenters. The molecule has 1 saturated heterocycles. The van der Waals surface area contributed by atoms with Gasteiger partial charge in [-0.1, -0.05) is 42.0 Å². The van der Waals surface area contributed by atoms with Crippen LogP contribution in [0.4, 0.5) is 15.9 Å². The summed E-state index contributed by atoms with van der Waals surface area (Å²) in [5, 5.41) is 4.93. The van der Waals surface area contributed by atoms with Gasteiger partial charge in [-0.2, -0.15) is 9.50 Å². The Morgan fingerprint density at radius 3 is 2.38 bits per heavy atom. The monoisotopic (exact) mass is 456 g/mol. The third-order valence-corrected chi connectivity index (χ3v) is 7.03. The van der Waals surface area contributed by atoms with E-state index in [1.54, 1.807) is 6.07 Å². The highest BCUT2D eigenvalue weighted by molar-refractivity contribution is 5.58. The van der Waals surface area contributed by atoms with E-state index in [0.29, 0.717) is 17.9 Å². The summed E-state index contributed by atoms with van der Waals surface area (Å²) in [6.45, 7) is 5.26. The smallest absolute Gasteiger partial charge is 0.254 e. The number of aromatic nitrogens is 4. The van der Waals surface area contributed by atoms with Crippen LogP contribution < -0.4 is 9.80 Å². The zero-order valence-corrected chi connectivity index (χ0v) is 19.5. The number of fused-ring (bicyclic) bond motifs is 2. The van der Waals surface area contributed by atoms with Gasteiger partial charge in [0.1, 0.15) is 11.6 Å². The lowest BCUT2D eigenvalue weighted by Gasteiger charge is -2.38. The highest BCUT2D eigenvalue weighted by atomic mass is 19.1. The van der Waals surface area contributed by atoms with Crippen molar-refractivity contribution in [2.75, 3.05) is 36.0 Å². The Bertz CT molecular complexity index is 1320. The van der Waals surface area contributed by atoms with E-state index in [2.05, 4.69) is 41.0 Å². The lowest BCUT2D eigenvalue weighted by atomic mass is 9.96. The normalized spacial score (nSPS) is 16.2. The molecule has 2 aromatic carbocycles. The first-order valence-electron chi connectivity index (χ1n) is 12.2. The average molecular weight is 457 g/mol. The highest BCUT2D eigenvalue weighted by Gasteiger charge is 2.27. The predicted molar refractivity (Wildman–Crippen MR) is 132 cm³/mol. The lowest BCUT2D eigenvalue weighted by molar-refractivity contribution is 0.587. The van der Waals surface area contributed by atoms with Crippen molar-refractivity contribution in [3.63, 3.8) is 0 Å². The number of halogens is 1. The van der Waals surface area contributed by atoms with Gasteiger partial charge >= 0.3 is 0 Å². The number of aryl methyl sites for hydroxylation is 2. The molecule has 0 amide bonds. The van der Waals surface area contributed by atoms with Gasteiger partial charge < -0.3 is 9.80 Å². The molecule has 2 aliphatic rings. The zero-order chi connectivity index (χ0) is 23.1. The Kier molecular flexibility index (Phi) is 5.40. The fourth-order valence-corrected chi connectivity index (χ4v) is 5.22. The van der Waals surface area contributed by atoms with Crippen LogP contribution in [0.2, 0.25) is 0 Å². The van der Waals surface area contributed by atoms with E-state index < -0.39 is 0 Å². The highest BCUT2D eigenvalue weighted by Crippen LogP contribution is 2.31. The van der Waals surface area contributed by atoms with Gasteiger partial charge in [0.15, 0.2) is 5.82 Å². The number of nitrogens with zero attached hydrogens (tertiary/aromatic N) is 6. The SMILES string of the molecule is Cc1ccc(Cc2nc3nc4c(c(N5CCN(c6ccccc6F)CC5)n3n2)CCCC4)cc1. The first-order chi connectivity index (χ1) is 16.7. The number of para-hydroxylation sites is 1. The van der Waals surface area contributed by atoms with Crippen LogP contribution in [-0.2, 0) is 19.3 Å². The Morgan fingerprint density at radius 2 is 1.59 bits per heavy atom. The Morgan fingerprint density at radius 1 is 0.853 bits per heavy atom. The van der Waals surface area contributed by atoms with Crippen LogP contribution in [0.3, 0.4) is 0 Å². The second-order valence-electron chi connectivity index (χ2n) is 9.40. The summed E-state index contributed by atoms with van der Waals surface area (Å²) in [7, 11) is 0. The maximum atomic E-state index is 14.3. The van der Waals surface area contributed by atoms with E-state index in [1.807, 2.05) is 16.6 Å². The van der Waals surface area contributed by atoms with E-state index in [9.17, 15) is 4.39 Å². The number of anilines is 2. The summed E-state index contributed by atoms with van der Waals surface area (Å²) in [5.74, 6) is 2.46. The second-order valence-corrected chi connectivity index (χ2v) is 9.40. The van der Waals surface area contributed by atoms with Crippen molar-refractivity contribution >= 4 is 17.3 Å². The average Bonchev–Trinajstić information content (AvgIpc) is 3.26. The molecule has 34 heavy (non-hydrogen) atoms. The first kappa shape index (κ1) is 21.1. The fraction of sp³-hybridized carbons (Fsp3) is 0.370. The fourth-order valence-electron chi connectivity index (χ4n) is 5.22. The van der Waals surface area contributed by atoms with Crippen molar-refractivity contribution in [2.45, 2.75) is 39.0 Å². The summed E-state index contributed by atoms with van der Waals surface area (Å²) in [4.78, 5) is 14.3. The summed E-state index contributed by atoms with van der Waals surface area (Å²) in [6, 6.07) is 15.6. The molecule has 7 heteroatoms. The van der Waals surface area contributed by atoms with Crippen LogP contribution in [0.25, 0.3) is 5.78 Å². The van der Waals surface area contributed by atoms with Gasteiger partial charge in [0.25, 0.3) is 5.78 Å². The molecule has 1 aliphatic heterocycles. The largest absolute Gasteiger partial charge is 0.366 e. The summed E-state index contributed by atoms with van der Waals surface area (Å²) in [5.41, 5.74) is 5.61. The molecule has 1 fully saturated rings. The van der Waals surface area contributed by atoms with Gasteiger partial charge in [-0.05, 0) is 50.3 Å². The predicted octanol–water partition coefficient (Wildman–Crippen LogP) is 4.37. The minimum absolute atomic E-state index is 0.156. The summed E-state index contributed by atoms with van der Waals surface area (Å²) in [6.07, 6.45) is 5.05. The number of hydrogen-bond acceptors (Lipinski definition) is 5. The number of hydrogen-bond donors (Lipinski definition) is 0. The zero-order valence-electron chi connectivity index (χ0n) is 19.5. The lowest BCUT2D eigenvalue weighted by Crippen LogP contribution is -2.48. The molecule has 4 aromatic rings. The molecule has 0 spiro atoms. The third-order valence-electron chi connectivity index (χ3n) is 7.03. The number of piperazine rings is 1. The van der Waals surface area contributed by atoms with Crippen molar-refractivity contribution < 1.29 is 4.39 Å². The van der Waals surface area contributed by atoms with Gasteiger partial charge in [-0.15, -0.1) is 5.10 Å².